The lowest BCUT2D eigenvalue weighted by Gasteiger charge is -2.38. The maximum Gasteiger partial charge on any atom is 0.409 e. The number of nitrogens with zero attached hydrogens (tertiary/aromatic N) is 3. The minimum atomic E-state index is -1.04. The van der Waals surface area contributed by atoms with Gasteiger partial charge in [-0.3, -0.25) is 14.9 Å². The van der Waals surface area contributed by atoms with Crippen molar-refractivity contribution >= 4 is 23.9 Å². The highest BCUT2D eigenvalue weighted by molar-refractivity contribution is 6.08. The maximum absolute atomic E-state index is 12.7. The summed E-state index contributed by atoms with van der Waals surface area (Å²) in [6.45, 7) is 4.02. The zero-order chi connectivity index (χ0) is 20.1. The molecule has 0 saturated carbocycles. The quantitative estimate of drug-likeness (QED) is 0.607. The van der Waals surface area contributed by atoms with E-state index in [4.69, 9.17) is 9.47 Å². The normalized spacial score (nSPS) is 22.2. The molecule has 0 spiro atoms. The minimum Gasteiger partial charge on any atom is -0.468 e. The van der Waals surface area contributed by atoms with Gasteiger partial charge < -0.3 is 19.3 Å². The molecule has 2 amide bonds. The van der Waals surface area contributed by atoms with Crippen LogP contribution in [0.2, 0.25) is 0 Å². The maximum atomic E-state index is 12.7. The van der Waals surface area contributed by atoms with Crippen LogP contribution in [0.25, 0.3) is 0 Å². The second-order valence-corrected chi connectivity index (χ2v) is 6.47. The highest BCUT2D eigenvalue weighted by Gasteiger charge is 2.42. The fourth-order valence-corrected chi connectivity index (χ4v) is 3.33. The molecule has 2 atom stereocenters. The van der Waals surface area contributed by atoms with E-state index in [1.54, 1.807) is 11.8 Å². The number of amides is 2. The molecule has 0 bridgehead atoms. The standard InChI is InChI=1S/C19H24N4O5/c1-3-28-19(26)23-11-9-22(10-12-23)18-20-15(13-7-5-4-6-8-13)14(16(24)21-18)17(25)27-2/h4-8,14-15H,3,9-12H2,1-2H3,(H,20,21,24). The molecule has 2 unspecified atom stereocenters. The molecule has 2 aliphatic rings. The second-order valence-electron chi connectivity index (χ2n) is 6.47. The highest BCUT2D eigenvalue weighted by Crippen LogP contribution is 2.30. The van der Waals surface area contributed by atoms with E-state index in [2.05, 4.69) is 10.3 Å². The minimum absolute atomic E-state index is 0.329. The average molecular weight is 388 g/mol. The van der Waals surface area contributed by atoms with Gasteiger partial charge in [-0.15, -0.1) is 0 Å². The van der Waals surface area contributed by atoms with Gasteiger partial charge >= 0.3 is 12.1 Å². The molecule has 0 aromatic heterocycles. The molecule has 1 aromatic carbocycles. The number of carbonyl (C=O) groups excluding carboxylic acids is 3. The first-order valence-electron chi connectivity index (χ1n) is 9.23. The Morgan fingerprint density at radius 3 is 2.46 bits per heavy atom. The van der Waals surface area contributed by atoms with Crippen LogP contribution < -0.4 is 5.32 Å². The van der Waals surface area contributed by atoms with Gasteiger partial charge in [0.05, 0.1) is 13.7 Å². The zero-order valence-electron chi connectivity index (χ0n) is 16.0. The predicted octanol–water partition coefficient (Wildman–Crippen LogP) is 0.777. The van der Waals surface area contributed by atoms with E-state index in [-0.39, 0.29) is 6.09 Å². The summed E-state index contributed by atoms with van der Waals surface area (Å²) in [6, 6.07) is 8.53. The number of hydrogen-bond acceptors (Lipinski definition) is 7. The molecule has 150 valence electrons. The number of aliphatic imine (C=N–C) groups is 1. The third-order valence-corrected chi connectivity index (χ3v) is 4.80. The fraction of sp³-hybridized carbons (Fsp3) is 0.474. The van der Waals surface area contributed by atoms with Crippen LogP contribution in [-0.4, -0.2) is 73.6 Å². The van der Waals surface area contributed by atoms with Crippen molar-refractivity contribution in [2.45, 2.75) is 13.0 Å². The van der Waals surface area contributed by atoms with Crippen molar-refractivity contribution in [3.63, 3.8) is 0 Å². The van der Waals surface area contributed by atoms with E-state index < -0.39 is 23.8 Å². The molecule has 1 N–H and O–H groups in total. The number of ether oxygens (including phenoxy) is 2. The number of rotatable bonds is 3. The van der Waals surface area contributed by atoms with E-state index in [1.807, 2.05) is 35.2 Å². The van der Waals surface area contributed by atoms with Crippen LogP contribution in [0.1, 0.15) is 18.5 Å². The van der Waals surface area contributed by atoms with Crippen LogP contribution >= 0.6 is 0 Å². The first-order valence-corrected chi connectivity index (χ1v) is 9.23. The zero-order valence-corrected chi connectivity index (χ0v) is 16.0. The lowest BCUT2D eigenvalue weighted by atomic mass is 9.91. The molecule has 0 aliphatic carbocycles. The molecule has 9 heteroatoms. The van der Waals surface area contributed by atoms with E-state index >= 15 is 0 Å². The number of piperazine rings is 1. The number of methoxy groups -OCH3 is 1. The van der Waals surface area contributed by atoms with Crippen LogP contribution in [0.3, 0.4) is 0 Å². The van der Waals surface area contributed by atoms with Crippen molar-refractivity contribution < 1.29 is 23.9 Å². The van der Waals surface area contributed by atoms with Gasteiger partial charge in [0.2, 0.25) is 11.9 Å². The Bertz CT molecular complexity index is 759. The van der Waals surface area contributed by atoms with Gasteiger partial charge in [-0.2, -0.15) is 0 Å². The van der Waals surface area contributed by atoms with E-state index in [0.29, 0.717) is 38.7 Å². The third kappa shape index (κ3) is 4.08. The summed E-state index contributed by atoms with van der Waals surface area (Å²) >= 11 is 0. The largest absolute Gasteiger partial charge is 0.468 e. The van der Waals surface area contributed by atoms with E-state index in [1.165, 1.54) is 7.11 Å². The topological polar surface area (TPSA) is 101 Å². The van der Waals surface area contributed by atoms with Gasteiger partial charge in [0, 0.05) is 26.2 Å². The molecule has 0 radical (unpaired) electrons. The Morgan fingerprint density at radius 2 is 1.86 bits per heavy atom. The highest BCUT2D eigenvalue weighted by atomic mass is 16.6. The van der Waals surface area contributed by atoms with Crippen LogP contribution in [0.4, 0.5) is 4.79 Å². The summed E-state index contributed by atoms with van der Waals surface area (Å²) < 4.78 is 9.84. The average Bonchev–Trinajstić information content (AvgIpc) is 2.73. The molecule has 3 rings (SSSR count). The van der Waals surface area contributed by atoms with Crippen molar-refractivity contribution in [3.8, 4) is 0 Å². The molecule has 2 heterocycles. The predicted molar refractivity (Wildman–Crippen MR) is 100 cm³/mol. The molecule has 9 nitrogen and oxygen atoms in total. The third-order valence-electron chi connectivity index (χ3n) is 4.80. The Hall–Kier alpha value is -3.10. The van der Waals surface area contributed by atoms with Crippen molar-refractivity contribution in [1.82, 2.24) is 15.1 Å². The second kappa shape index (κ2) is 8.73. The molecule has 1 fully saturated rings. The first kappa shape index (κ1) is 19.7. The van der Waals surface area contributed by atoms with Gasteiger partial charge in [0.25, 0.3) is 0 Å². The molecule has 2 aliphatic heterocycles. The SMILES string of the molecule is CCOC(=O)N1CCN(C2=NC(c3ccccc3)C(C(=O)OC)C(=O)N2)CC1. The van der Waals surface area contributed by atoms with Crippen LogP contribution in [0.5, 0.6) is 0 Å². The van der Waals surface area contributed by atoms with Crippen LogP contribution in [0, 0.1) is 5.92 Å². The smallest absolute Gasteiger partial charge is 0.409 e. The van der Waals surface area contributed by atoms with Crippen molar-refractivity contribution in [1.29, 1.82) is 0 Å². The number of guanidine groups is 1. The van der Waals surface area contributed by atoms with E-state index in [9.17, 15) is 14.4 Å². The number of carbonyl (C=O) groups is 3. The Kier molecular flexibility index (Phi) is 6.13. The summed E-state index contributed by atoms with van der Waals surface area (Å²) in [6.07, 6.45) is -0.343. The number of hydrogen-bond donors (Lipinski definition) is 1. The van der Waals surface area contributed by atoms with Gasteiger partial charge in [-0.05, 0) is 12.5 Å². The lowest BCUT2D eigenvalue weighted by molar-refractivity contribution is -0.151. The Labute approximate surface area is 163 Å². The molecular weight excluding hydrogens is 364 g/mol. The molecular formula is C19H24N4O5. The monoisotopic (exact) mass is 388 g/mol. The molecule has 28 heavy (non-hydrogen) atoms. The number of benzene rings is 1. The number of nitrogens with one attached hydrogen (secondary N) is 1. The Morgan fingerprint density at radius 1 is 1.18 bits per heavy atom. The van der Waals surface area contributed by atoms with Crippen molar-refractivity contribution in [2.24, 2.45) is 10.9 Å². The van der Waals surface area contributed by atoms with Gasteiger partial charge in [0.15, 0.2) is 5.92 Å². The fourth-order valence-electron chi connectivity index (χ4n) is 3.33. The van der Waals surface area contributed by atoms with Crippen molar-refractivity contribution in [2.75, 3.05) is 39.9 Å². The van der Waals surface area contributed by atoms with Gasteiger partial charge in [0.1, 0.15) is 6.04 Å². The summed E-state index contributed by atoms with van der Waals surface area (Å²) in [5.41, 5.74) is 0.760. The first-order chi connectivity index (χ1) is 13.5. The summed E-state index contributed by atoms with van der Waals surface area (Å²) in [4.78, 5) is 44.9. The van der Waals surface area contributed by atoms with E-state index in [0.717, 1.165) is 5.56 Å². The lowest BCUT2D eigenvalue weighted by Crippen LogP contribution is -2.58. The summed E-state index contributed by atoms with van der Waals surface area (Å²) in [5.74, 6) is -1.71. The van der Waals surface area contributed by atoms with Crippen molar-refractivity contribution in [3.05, 3.63) is 35.9 Å². The molecule has 1 aromatic rings. The summed E-state index contributed by atoms with van der Waals surface area (Å²) in [7, 11) is 1.26. The number of esters is 1. The molecule has 1 saturated heterocycles. The van der Waals surface area contributed by atoms with Gasteiger partial charge in [-0.25, -0.2) is 9.79 Å². The summed E-state index contributed by atoms with van der Waals surface area (Å²) in [5, 5.41) is 2.72. The van der Waals surface area contributed by atoms with Crippen LogP contribution in [0.15, 0.2) is 35.3 Å². The van der Waals surface area contributed by atoms with Gasteiger partial charge in [-0.1, -0.05) is 30.3 Å². The Balaban J connectivity index is 1.80. The van der Waals surface area contributed by atoms with Crippen LogP contribution in [-0.2, 0) is 19.1 Å².